The quantitative estimate of drug-likeness (QED) is 0.637. The standard InChI is InChI=1S/C18H18N2O5/c1-12-17(19-14(18(22)24-3)11-16(21)23-2)15(25-20-12)10-9-13-7-5-4-6-8-13/h4-11,19H,1-3H3/b10-9+,14-11-. The van der Waals surface area contributed by atoms with Crippen LogP contribution in [-0.4, -0.2) is 31.3 Å². The molecule has 1 aromatic heterocycles. The van der Waals surface area contributed by atoms with Crippen molar-refractivity contribution in [3.63, 3.8) is 0 Å². The Morgan fingerprint density at radius 1 is 1.12 bits per heavy atom. The number of rotatable bonds is 6. The molecule has 1 aromatic carbocycles. The minimum absolute atomic E-state index is 0.0880. The summed E-state index contributed by atoms with van der Waals surface area (Å²) >= 11 is 0. The summed E-state index contributed by atoms with van der Waals surface area (Å²) in [5, 5.41) is 6.71. The number of hydrogen-bond donors (Lipinski definition) is 1. The molecule has 0 spiro atoms. The summed E-state index contributed by atoms with van der Waals surface area (Å²) in [6, 6.07) is 9.62. The van der Waals surface area contributed by atoms with Crippen LogP contribution >= 0.6 is 0 Å². The lowest BCUT2D eigenvalue weighted by atomic mass is 10.2. The Morgan fingerprint density at radius 3 is 2.48 bits per heavy atom. The maximum Gasteiger partial charge on any atom is 0.354 e. The molecule has 1 N–H and O–H groups in total. The number of aromatic nitrogens is 1. The largest absolute Gasteiger partial charge is 0.466 e. The highest BCUT2D eigenvalue weighted by molar-refractivity contribution is 5.99. The van der Waals surface area contributed by atoms with E-state index in [-0.39, 0.29) is 5.70 Å². The SMILES string of the molecule is COC(=O)/C=C(\Nc1c(C)noc1/C=C/c1ccccc1)C(=O)OC. The molecule has 0 fully saturated rings. The third kappa shape index (κ3) is 4.81. The fraction of sp³-hybridized carbons (Fsp3) is 0.167. The molecular formula is C18H18N2O5. The second-order valence-corrected chi connectivity index (χ2v) is 4.95. The summed E-state index contributed by atoms with van der Waals surface area (Å²) in [5.41, 5.74) is 1.86. The minimum atomic E-state index is -0.719. The topological polar surface area (TPSA) is 90.7 Å². The number of ether oxygens (including phenoxy) is 2. The third-order valence-corrected chi connectivity index (χ3v) is 3.24. The van der Waals surface area contributed by atoms with Crippen LogP contribution in [0.15, 0.2) is 46.6 Å². The van der Waals surface area contributed by atoms with Gasteiger partial charge < -0.3 is 19.3 Å². The molecule has 7 heteroatoms. The van der Waals surface area contributed by atoms with Crippen LogP contribution in [0.3, 0.4) is 0 Å². The zero-order valence-corrected chi connectivity index (χ0v) is 14.1. The van der Waals surface area contributed by atoms with Crippen LogP contribution in [0.2, 0.25) is 0 Å². The number of nitrogens with one attached hydrogen (secondary N) is 1. The van der Waals surface area contributed by atoms with Crippen molar-refractivity contribution in [3.8, 4) is 0 Å². The van der Waals surface area contributed by atoms with Crippen LogP contribution < -0.4 is 5.32 Å². The Bertz CT molecular complexity index is 806. The van der Waals surface area contributed by atoms with Crippen molar-refractivity contribution >= 4 is 29.8 Å². The molecule has 130 valence electrons. The van der Waals surface area contributed by atoms with Crippen LogP contribution in [0.4, 0.5) is 5.69 Å². The Labute approximate surface area is 144 Å². The van der Waals surface area contributed by atoms with Gasteiger partial charge in [0.05, 0.1) is 20.3 Å². The molecule has 0 atom stereocenters. The number of hydrogen-bond acceptors (Lipinski definition) is 7. The number of anilines is 1. The van der Waals surface area contributed by atoms with Crippen LogP contribution in [0.25, 0.3) is 12.2 Å². The van der Waals surface area contributed by atoms with E-state index >= 15 is 0 Å². The Hall–Kier alpha value is -3.35. The molecule has 0 unspecified atom stereocenters. The fourth-order valence-corrected chi connectivity index (χ4v) is 1.96. The van der Waals surface area contributed by atoms with E-state index in [9.17, 15) is 9.59 Å². The molecule has 2 rings (SSSR count). The first kappa shape index (κ1) is 18.0. The van der Waals surface area contributed by atoms with Crippen molar-refractivity contribution in [2.75, 3.05) is 19.5 Å². The zero-order chi connectivity index (χ0) is 18.2. The molecule has 0 radical (unpaired) electrons. The van der Waals surface area contributed by atoms with Crippen molar-refractivity contribution in [1.82, 2.24) is 5.16 Å². The molecule has 1 heterocycles. The Morgan fingerprint density at radius 2 is 1.84 bits per heavy atom. The highest BCUT2D eigenvalue weighted by atomic mass is 16.5. The van der Waals surface area contributed by atoms with E-state index in [1.54, 1.807) is 13.0 Å². The van der Waals surface area contributed by atoms with Gasteiger partial charge in [-0.25, -0.2) is 9.59 Å². The van der Waals surface area contributed by atoms with E-state index in [0.29, 0.717) is 17.1 Å². The predicted molar refractivity (Wildman–Crippen MR) is 92.3 cm³/mol. The van der Waals surface area contributed by atoms with Crippen molar-refractivity contribution in [1.29, 1.82) is 0 Å². The third-order valence-electron chi connectivity index (χ3n) is 3.24. The molecule has 0 aliphatic rings. The number of benzene rings is 1. The molecule has 0 saturated heterocycles. The first-order valence-corrected chi connectivity index (χ1v) is 7.39. The van der Waals surface area contributed by atoms with Crippen LogP contribution in [0.5, 0.6) is 0 Å². The monoisotopic (exact) mass is 342 g/mol. The number of methoxy groups -OCH3 is 2. The predicted octanol–water partition coefficient (Wildman–Crippen LogP) is 2.80. The van der Waals surface area contributed by atoms with Gasteiger partial charge in [0.15, 0.2) is 5.76 Å². The number of aryl methyl sites for hydroxylation is 1. The summed E-state index contributed by atoms with van der Waals surface area (Å²) in [6.45, 7) is 1.71. The second kappa shape index (κ2) is 8.49. The Balaban J connectivity index is 2.31. The van der Waals surface area contributed by atoms with Crippen molar-refractivity contribution < 1.29 is 23.6 Å². The van der Waals surface area contributed by atoms with Gasteiger partial charge in [0.2, 0.25) is 0 Å². The van der Waals surface area contributed by atoms with E-state index in [4.69, 9.17) is 4.52 Å². The minimum Gasteiger partial charge on any atom is -0.466 e. The van der Waals surface area contributed by atoms with E-state index in [1.165, 1.54) is 14.2 Å². The number of carbonyl (C=O) groups excluding carboxylic acids is 2. The lowest BCUT2D eigenvalue weighted by Gasteiger charge is -2.08. The summed E-state index contributed by atoms with van der Waals surface area (Å²) < 4.78 is 14.5. The lowest BCUT2D eigenvalue weighted by molar-refractivity contribution is -0.138. The maximum absolute atomic E-state index is 11.9. The summed E-state index contributed by atoms with van der Waals surface area (Å²) in [7, 11) is 2.43. The summed E-state index contributed by atoms with van der Waals surface area (Å²) in [6.07, 6.45) is 4.56. The highest BCUT2D eigenvalue weighted by Gasteiger charge is 2.18. The normalized spacial score (nSPS) is 11.4. The van der Waals surface area contributed by atoms with Crippen LogP contribution in [0.1, 0.15) is 17.0 Å². The van der Waals surface area contributed by atoms with E-state index in [0.717, 1.165) is 11.6 Å². The van der Waals surface area contributed by atoms with Gasteiger partial charge in [-0.2, -0.15) is 0 Å². The number of carbonyl (C=O) groups is 2. The first-order chi connectivity index (χ1) is 12.0. The van der Waals surface area contributed by atoms with Gasteiger partial charge in [-0.1, -0.05) is 41.6 Å². The van der Waals surface area contributed by atoms with Gasteiger partial charge in [-0.05, 0) is 18.6 Å². The average molecular weight is 342 g/mol. The molecule has 25 heavy (non-hydrogen) atoms. The second-order valence-electron chi connectivity index (χ2n) is 4.95. The van der Waals surface area contributed by atoms with Gasteiger partial charge in [0.25, 0.3) is 0 Å². The molecule has 0 aliphatic heterocycles. The van der Waals surface area contributed by atoms with Gasteiger partial charge in [0.1, 0.15) is 17.1 Å². The molecule has 0 amide bonds. The molecule has 7 nitrogen and oxygen atoms in total. The Kier molecular flexibility index (Phi) is 6.11. The van der Waals surface area contributed by atoms with Crippen LogP contribution in [-0.2, 0) is 19.1 Å². The van der Waals surface area contributed by atoms with Crippen molar-refractivity contribution in [2.45, 2.75) is 6.92 Å². The van der Waals surface area contributed by atoms with E-state index < -0.39 is 11.9 Å². The lowest BCUT2D eigenvalue weighted by Crippen LogP contribution is -2.16. The summed E-state index contributed by atoms with van der Waals surface area (Å²) in [4.78, 5) is 23.3. The first-order valence-electron chi connectivity index (χ1n) is 7.39. The van der Waals surface area contributed by atoms with Gasteiger partial charge in [-0.3, -0.25) is 0 Å². The van der Waals surface area contributed by atoms with Crippen LogP contribution in [0, 0.1) is 6.92 Å². The molecule has 0 saturated carbocycles. The maximum atomic E-state index is 11.9. The number of esters is 2. The average Bonchev–Trinajstić information content (AvgIpc) is 2.99. The molecular weight excluding hydrogens is 324 g/mol. The zero-order valence-electron chi connectivity index (χ0n) is 14.1. The number of nitrogens with zero attached hydrogens (tertiary/aromatic N) is 1. The summed E-state index contributed by atoms with van der Waals surface area (Å²) in [5.74, 6) is -1.01. The van der Waals surface area contributed by atoms with Gasteiger partial charge in [0, 0.05) is 0 Å². The molecule has 2 aromatic rings. The molecule has 0 aliphatic carbocycles. The van der Waals surface area contributed by atoms with Crippen molar-refractivity contribution in [2.24, 2.45) is 0 Å². The van der Waals surface area contributed by atoms with Gasteiger partial charge >= 0.3 is 11.9 Å². The highest BCUT2D eigenvalue weighted by Crippen LogP contribution is 2.24. The van der Waals surface area contributed by atoms with Crippen molar-refractivity contribution in [3.05, 3.63) is 59.1 Å². The van der Waals surface area contributed by atoms with Gasteiger partial charge in [-0.15, -0.1) is 0 Å². The smallest absolute Gasteiger partial charge is 0.354 e. The molecule has 0 bridgehead atoms. The van der Waals surface area contributed by atoms with E-state index in [1.807, 2.05) is 36.4 Å². The van der Waals surface area contributed by atoms with E-state index in [2.05, 4.69) is 19.9 Å². The fourth-order valence-electron chi connectivity index (χ4n) is 1.96.